The van der Waals surface area contributed by atoms with Crippen LogP contribution in [0.1, 0.15) is 12.6 Å². The molecule has 1 heterocycles. The van der Waals surface area contributed by atoms with Crippen molar-refractivity contribution in [1.82, 2.24) is 4.98 Å². The number of nitrogens with zero attached hydrogens (tertiary/aromatic N) is 1. The molecule has 1 N–H and O–H groups in total. The molecule has 0 saturated carbocycles. The zero-order valence-electron chi connectivity index (χ0n) is 8.57. The average Bonchev–Trinajstić information content (AvgIpc) is 2.16. The number of nitrogens with one attached hydrogen (secondary N) is 1. The van der Waals surface area contributed by atoms with E-state index in [1.165, 1.54) is 7.11 Å². The standard InChI is InChI=1S/C10H14N2O2/c1-7-6-9(4-5-11-7)12-10(13)8(2)14-3/h4-6,8H,1-3H3,(H,11,12,13). The molecule has 1 aromatic heterocycles. The average molecular weight is 194 g/mol. The Hall–Kier alpha value is -1.42. The lowest BCUT2D eigenvalue weighted by Gasteiger charge is -2.10. The maximum absolute atomic E-state index is 11.4. The lowest BCUT2D eigenvalue weighted by molar-refractivity contribution is -0.124. The van der Waals surface area contributed by atoms with Gasteiger partial charge in [0.25, 0.3) is 5.91 Å². The minimum Gasteiger partial charge on any atom is -0.372 e. The van der Waals surface area contributed by atoms with Crippen molar-refractivity contribution in [2.45, 2.75) is 20.0 Å². The van der Waals surface area contributed by atoms with Gasteiger partial charge in [0, 0.05) is 24.7 Å². The Morgan fingerprint density at radius 3 is 2.93 bits per heavy atom. The molecule has 0 saturated heterocycles. The van der Waals surface area contributed by atoms with Gasteiger partial charge in [-0.1, -0.05) is 0 Å². The van der Waals surface area contributed by atoms with Crippen molar-refractivity contribution in [1.29, 1.82) is 0 Å². The van der Waals surface area contributed by atoms with Crippen molar-refractivity contribution in [3.63, 3.8) is 0 Å². The molecule has 0 aliphatic rings. The van der Waals surface area contributed by atoms with Crippen molar-refractivity contribution in [3.05, 3.63) is 24.0 Å². The molecular formula is C10H14N2O2. The number of aryl methyl sites for hydroxylation is 1. The molecule has 1 atom stereocenters. The SMILES string of the molecule is COC(C)C(=O)Nc1ccnc(C)c1. The number of carbonyl (C=O) groups excluding carboxylic acids is 1. The van der Waals surface area contributed by atoms with E-state index in [4.69, 9.17) is 4.74 Å². The summed E-state index contributed by atoms with van der Waals surface area (Å²) in [5.41, 5.74) is 1.61. The van der Waals surface area contributed by atoms with Crippen LogP contribution in [0.15, 0.2) is 18.3 Å². The fraction of sp³-hybridized carbons (Fsp3) is 0.400. The Balaban J connectivity index is 2.65. The highest BCUT2D eigenvalue weighted by Gasteiger charge is 2.11. The van der Waals surface area contributed by atoms with E-state index >= 15 is 0 Å². The largest absolute Gasteiger partial charge is 0.372 e. The van der Waals surface area contributed by atoms with Crippen LogP contribution in [0.5, 0.6) is 0 Å². The zero-order chi connectivity index (χ0) is 10.6. The van der Waals surface area contributed by atoms with E-state index in [-0.39, 0.29) is 5.91 Å². The molecule has 1 rings (SSSR count). The minimum atomic E-state index is -0.441. The summed E-state index contributed by atoms with van der Waals surface area (Å²) in [7, 11) is 1.50. The van der Waals surface area contributed by atoms with Crippen molar-refractivity contribution < 1.29 is 9.53 Å². The normalized spacial score (nSPS) is 12.2. The number of pyridine rings is 1. The Morgan fingerprint density at radius 1 is 1.64 bits per heavy atom. The molecule has 0 fully saturated rings. The van der Waals surface area contributed by atoms with Crippen molar-refractivity contribution in [2.75, 3.05) is 12.4 Å². The summed E-state index contributed by atoms with van der Waals surface area (Å²) in [5, 5.41) is 2.73. The van der Waals surface area contributed by atoms with Gasteiger partial charge in [-0.05, 0) is 26.0 Å². The van der Waals surface area contributed by atoms with Gasteiger partial charge in [-0.25, -0.2) is 0 Å². The fourth-order valence-electron chi connectivity index (χ4n) is 0.974. The van der Waals surface area contributed by atoms with Crippen molar-refractivity contribution >= 4 is 11.6 Å². The number of carbonyl (C=O) groups is 1. The van der Waals surface area contributed by atoms with E-state index in [0.717, 1.165) is 11.4 Å². The number of ether oxygens (including phenoxy) is 1. The summed E-state index contributed by atoms with van der Waals surface area (Å²) in [6.07, 6.45) is 1.21. The van der Waals surface area contributed by atoms with Crippen LogP contribution < -0.4 is 5.32 Å². The number of anilines is 1. The van der Waals surface area contributed by atoms with E-state index in [2.05, 4.69) is 10.3 Å². The third-order valence-electron chi connectivity index (χ3n) is 1.89. The Morgan fingerprint density at radius 2 is 2.36 bits per heavy atom. The first kappa shape index (κ1) is 10.7. The first-order chi connectivity index (χ1) is 6.63. The summed E-state index contributed by atoms with van der Waals surface area (Å²) in [5.74, 6) is -0.155. The Kier molecular flexibility index (Phi) is 3.59. The molecule has 1 aromatic rings. The first-order valence-corrected chi connectivity index (χ1v) is 4.40. The van der Waals surface area contributed by atoms with E-state index in [0.29, 0.717) is 0 Å². The number of rotatable bonds is 3. The maximum Gasteiger partial charge on any atom is 0.253 e. The van der Waals surface area contributed by atoms with Gasteiger partial charge >= 0.3 is 0 Å². The number of methoxy groups -OCH3 is 1. The number of hydrogen-bond donors (Lipinski definition) is 1. The molecule has 76 valence electrons. The Bertz CT molecular complexity index is 326. The lowest BCUT2D eigenvalue weighted by Crippen LogP contribution is -2.26. The van der Waals surface area contributed by atoms with Crippen LogP contribution in [0.25, 0.3) is 0 Å². The van der Waals surface area contributed by atoms with Crippen LogP contribution in [0.3, 0.4) is 0 Å². The van der Waals surface area contributed by atoms with Gasteiger partial charge in [-0.3, -0.25) is 9.78 Å². The Labute approximate surface area is 83.3 Å². The predicted octanol–water partition coefficient (Wildman–Crippen LogP) is 1.36. The van der Waals surface area contributed by atoms with Gasteiger partial charge in [0.05, 0.1) is 0 Å². The molecule has 0 aliphatic heterocycles. The molecular weight excluding hydrogens is 180 g/mol. The predicted molar refractivity (Wildman–Crippen MR) is 54.1 cm³/mol. The molecule has 0 spiro atoms. The summed E-state index contributed by atoms with van der Waals surface area (Å²) in [4.78, 5) is 15.4. The second-order valence-electron chi connectivity index (χ2n) is 3.05. The second-order valence-corrected chi connectivity index (χ2v) is 3.05. The van der Waals surface area contributed by atoms with Gasteiger partial charge < -0.3 is 10.1 Å². The van der Waals surface area contributed by atoms with Gasteiger partial charge in [-0.2, -0.15) is 0 Å². The third-order valence-corrected chi connectivity index (χ3v) is 1.89. The molecule has 0 radical (unpaired) electrons. The van der Waals surface area contributed by atoms with Gasteiger partial charge in [0.1, 0.15) is 6.10 Å². The molecule has 1 amide bonds. The molecule has 0 aliphatic carbocycles. The highest BCUT2D eigenvalue weighted by atomic mass is 16.5. The van der Waals surface area contributed by atoms with E-state index in [9.17, 15) is 4.79 Å². The van der Waals surface area contributed by atoms with E-state index < -0.39 is 6.10 Å². The third kappa shape index (κ3) is 2.81. The highest BCUT2D eigenvalue weighted by Crippen LogP contribution is 2.07. The van der Waals surface area contributed by atoms with Gasteiger partial charge in [0.15, 0.2) is 0 Å². The number of hydrogen-bond acceptors (Lipinski definition) is 3. The number of amides is 1. The van der Waals surface area contributed by atoms with E-state index in [1.54, 1.807) is 25.3 Å². The lowest BCUT2D eigenvalue weighted by atomic mass is 10.3. The minimum absolute atomic E-state index is 0.155. The molecule has 14 heavy (non-hydrogen) atoms. The first-order valence-electron chi connectivity index (χ1n) is 4.40. The summed E-state index contributed by atoms with van der Waals surface area (Å²) in [6, 6.07) is 3.55. The highest BCUT2D eigenvalue weighted by molar-refractivity contribution is 5.93. The van der Waals surface area contributed by atoms with Crippen molar-refractivity contribution in [2.24, 2.45) is 0 Å². The topological polar surface area (TPSA) is 51.2 Å². The van der Waals surface area contributed by atoms with Crippen LogP contribution in [0.4, 0.5) is 5.69 Å². The smallest absolute Gasteiger partial charge is 0.253 e. The zero-order valence-corrected chi connectivity index (χ0v) is 8.57. The molecule has 4 nitrogen and oxygen atoms in total. The monoisotopic (exact) mass is 194 g/mol. The van der Waals surface area contributed by atoms with Crippen LogP contribution in [-0.4, -0.2) is 24.1 Å². The molecule has 0 bridgehead atoms. The summed E-state index contributed by atoms with van der Waals surface area (Å²) >= 11 is 0. The summed E-state index contributed by atoms with van der Waals surface area (Å²) in [6.45, 7) is 3.57. The fourth-order valence-corrected chi connectivity index (χ4v) is 0.974. The van der Waals surface area contributed by atoms with E-state index in [1.807, 2.05) is 6.92 Å². The quantitative estimate of drug-likeness (QED) is 0.790. The van der Waals surface area contributed by atoms with Gasteiger partial charge in [-0.15, -0.1) is 0 Å². The van der Waals surface area contributed by atoms with Crippen molar-refractivity contribution in [3.8, 4) is 0 Å². The molecule has 4 heteroatoms. The number of aromatic nitrogens is 1. The van der Waals surface area contributed by atoms with Crippen LogP contribution in [0, 0.1) is 6.92 Å². The summed E-state index contributed by atoms with van der Waals surface area (Å²) < 4.78 is 4.89. The van der Waals surface area contributed by atoms with Crippen LogP contribution >= 0.6 is 0 Å². The van der Waals surface area contributed by atoms with Crippen LogP contribution in [0.2, 0.25) is 0 Å². The van der Waals surface area contributed by atoms with Crippen LogP contribution in [-0.2, 0) is 9.53 Å². The molecule has 0 aromatic carbocycles. The van der Waals surface area contributed by atoms with Gasteiger partial charge in [0.2, 0.25) is 0 Å². The molecule has 1 unspecified atom stereocenters. The maximum atomic E-state index is 11.4. The second kappa shape index (κ2) is 4.72.